The summed E-state index contributed by atoms with van der Waals surface area (Å²) in [5.41, 5.74) is 0. The van der Waals surface area contributed by atoms with E-state index in [1.165, 1.54) is 0 Å². The van der Waals surface area contributed by atoms with Gasteiger partial charge in [-0.05, 0) is 26.7 Å². The van der Waals surface area contributed by atoms with Gasteiger partial charge in [-0.3, -0.25) is 0 Å². The van der Waals surface area contributed by atoms with Crippen LogP contribution in [0, 0.1) is 0 Å². The first-order chi connectivity index (χ1) is 9.58. The molecule has 114 valence electrons. The fourth-order valence-electron chi connectivity index (χ4n) is 1.54. The summed E-state index contributed by atoms with van der Waals surface area (Å²) < 4.78 is 0. The van der Waals surface area contributed by atoms with Crippen LogP contribution in [0.25, 0.3) is 0 Å². The van der Waals surface area contributed by atoms with Gasteiger partial charge in [-0.2, -0.15) is 15.0 Å². The van der Waals surface area contributed by atoms with Gasteiger partial charge < -0.3 is 21.1 Å². The minimum Gasteiger partial charge on any atom is -0.394 e. The second-order valence-corrected chi connectivity index (χ2v) is 4.96. The van der Waals surface area contributed by atoms with E-state index in [9.17, 15) is 5.11 Å². The highest BCUT2D eigenvalue weighted by molar-refractivity contribution is 5.42. The molecule has 7 nitrogen and oxygen atoms in total. The predicted molar refractivity (Wildman–Crippen MR) is 82.2 cm³/mol. The lowest BCUT2D eigenvalue weighted by molar-refractivity contribution is 0.271. The van der Waals surface area contributed by atoms with Crippen LogP contribution in [0.5, 0.6) is 0 Å². The Morgan fingerprint density at radius 1 is 1.00 bits per heavy atom. The molecular weight excluding hydrogens is 256 g/mol. The minimum absolute atomic E-state index is 0.0485. The van der Waals surface area contributed by atoms with Crippen LogP contribution < -0.4 is 16.0 Å². The van der Waals surface area contributed by atoms with Crippen molar-refractivity contribution in [1.82, 2.24) is 15.0 Å². The van der Waals surface area contributed by atoms with Gasteiger partial charge in [0.25, 0.3) is 0 Å². The number of aliphatic hydroxyl groups is 1. The maximum Gasteiger partial charge on any atom is 0.229 e. The van der Waals surface area contributed by atoms with Gasteiger partial charge in [0.05, 0.1) is 12.6 Å². The number of aliphatic hydroxyl groups excluding tert-OH is 1. The van der Waals surface area contributed by atoms with Gasteiger partial charge >= 0.3 is 0 Å². The van der Waals surface area contributed by atoms with Gasteiger partial charge in [0.1, 0.15) is 0 Å². The average Bonchev–Trinajstić information content (AvgIpc) is 2.41. The molecule has 1 heterocycles. The Labute approximate surface area is 120 Å². The van der Waals surface area contributed by atoms with E-state index in [0.717, 1.165) is 19.4 Å². The molecule has 1 aromatic rings. The van der Waals surface area contributed by atoms with Crippen LogP contribution in [0.15, 0.2) is 0 Å². The SMILES string of the molecule is CCCNc1nc(NC(C)C)nc(N[C@H](CC)CO)n1. The van der Waals surface area contributed by atoms with Crippen LogP contribution in [0.4, 0.5) is 17.8 Å². The third-order valence-corrected chi connectivity index (χ3v) is 2.63. The maximum absolute atomic E-state index is 9.25. The van der Waals surface area contributed by atoms with Crippen molar-refractivity contribution in [2.75, 3.05) is 29.1 Å². The van der Waals surface area contributed by atoms with Crippen molar-refractivity contribution in [3.63, 3.8) is 0 Å². The Bertz CT molecular complexity index is 394. The fourth-order valence-corrected chi connectivity index (χ4v) is 1.54. The second-order valence-electron chi connectivity index (χ2n) is 4.96. The largest absolute Gasteiger partial charge is 0.394 e. The molecule has 0 saturated carbocycles. The molecule has 0 unspecified atom stereocenters. The molecule has 0 fully saturated rings. The normalized spacial score (nSPS) is 12.3. The van der Waals surface area contributed by atoms with Crippen molar-refractivity contribution < 1.29 is 5.11 Å². The molecule has 1 atom stereocenters. The number of aromatic nitrogens is 3. The van der Waals surface area contributed by atoms with Crippen molar-refractivity contribution in [3.8, 4) is 0 Å². The summed E-state index contributed by atoms with van der Waals surface area (Å²) in [6.45, 7) is 8.99. The van der Waals surface area contributed by atoms with Crippen LogP contribution in [0.2, 0.25) is 0 Å². The fraction of sp³-hybridized carbons (Fsp3) is 0.769. The van der Waals surface area contributed by atoms with Crippen LogP contribution in [0.1, 0.15) is 40.5 Å². The van der Waals surface area contributed by atoms with Crippen LogP contribution in [-0.4, -0.2) is 45.3 Å². The highest BCUT2D eigenvalue weighted by Crippen LogP contribution is 2.12. The number of hydrogen-bond donors (Lipinski definition) is 4. The zero-order valence-electron chi connectivity index (χ0n) is 12.8. The molecule has 0 radical (unpaired) electrons. The van der Waals surface area contributed by atoms with E-state index in [4.69, 9.17) is 0 Å². The minimum atomic E-state index is -0.0525. The first-order valence-electron chi connectivity index (χ1n) is 7.22. The highest BCUT2D eigenvalue weighted by atomic mass is 16.3. The van der Waals surface area contributed by atoms with Crippen LogP contribution >= 0.6 is 0 Å². The molecule has 0 aliphatic carbocycles. The standard InChI is InChI=1S/C13H26N6O/c1-5-7-14-11-17-12(15-9(3)4)19-13(18-11)16-10(6-2)8-20/h9-10,20H,5-8H2,1-4H3,(H3,14,15,16,17,18,19)/t10-/m1/s1. The molecular formula is C13H26N6O. The first kappa shape index (κ1) is 16.4. The Hall–Kier alpha value is -1.63. The summed E-state index contributed by atoms with van der Waals surface area (Å²) in [6.07, 6.45) is 1.79. The molecule has 0 amide bonds. The lowest BCUT2D eigenvalue weighted by Crippen LogP contribution is -2.25. The van der Waals surface area contributed by atoms with E-state index in [2.05, 4.69) is 37.8 Å². The summed E-state index contributed by atoms with van der Waals surface area (Å²) >= 11 is 0. The summed E-state index contributed by atoms with van der Waals surface area (Å²) in [5, 5.41) is 18.7. The Morgan fingerprint density at radius 2 is 1.60 bits per heavy atom. The highest BCUT2D eigenvalue weighted by Gasteiger charge is 2.10. The topological polar surface area (TPSA) is 95.0 Å². The second kappa shape index (κ2) is 8.52. The molecule has 0 saturated heterocycles. The van der Waals surface area contributed by atoms with Gasteiger partial charge in [0, 0.05) is 12.6 Å². The van der Waals surface area contributed by atoms with Crippen molar-refractivity contribution in [1.29, 1.82) is 0 Å². The summed E-state index contributed by atoms with van der Waals surface area (Å²) in [7, 11) is 0. The Balaban J connectivity index is 2.89. The molecule has 7 heteroatoms. The molecule has 20 heavy (non-hydrogen) atoms. The zero-order valence-corrected chi connectivity index (χ0v) is 12.8. The number of hydrogen-bond acceptors (Lipinski definition) is 7. The van der Waals surface area contributed by atoms with E-state index >= 15 is 0 Å². The lowest BCUT2D eigenvalue weighted by atomic mass is 10.2. The van der Waals surface area contributed by atoms with Gasteiger partial charge in [0.2, 0.25) is 17.8 Å². The summed E-state index contributed by atoms with van der Waals surface area (Å²) in [6, 6.07) is 0.187. The molecule has 0 spiro atoms. The monoisotopic (exact) mass is 282 g/mol. The Morgan fingerprint density at radius 3 is 2.10 bits per heavy atom. The zero-order chi connectivity index (χ0) is 15.0. The van der Waals surface area contributed by atoms with Crippen molar-refractivity contribution in [2.24, 2.45) is 0 Å². The third kappa shape index (κ3) is 5.56. The number of nitrogens with one attached hydrogen (secondary N) is 3. The number of nitrogens with zero attached hydrogens (tertiary/aromatic N) is 3. The maximum atomic E-state index is 9.25. The smallest absolute Gasteiger partial charge is 0.229 e. The quantitative estimate of drug-likeness (QED) is 0.547. The summed E-state index contributed by atoms with van der Waals surface area (Å²) in [4.78, 5) is 13.0. The first-order valence-corrected chi connectivity index (χ1v) is 7.22. The van der Waals surface area contributed by atoms with Gasteiger partial charge in [-0.15, -0.1) is 0 Å². The van der Waals surface area contributed by atoms with Crippen molar-refractivity contribution in [2.45, 2.75) is 52.6 Å². The average molecular weight is 282 g/mol. The molecule has 0 bridgehead atoms. The summed E-state index contributed by atoms with van der Waals surface area (Å²) in [5.74, 6) is 1.55. The van der Waals surface area contributed by atoms with E-state index < -0.39 is 0 Å². The van der Waals surface area contributed by atoms with Crippen molar-refractivity contribution >= 4 is 17.8 Å². The van der Waals surface area contributed by atoms with Crippen molar-refractivity contribution in [3.05, 3.63) is 0 Å². The van der Waals surface area contributed by atoms with Crippen LogP contribution in [-0.2, 0) is 0 Å². The molecule has 0 aliphatic heterocycles. The molecule has 1 rings (SSSR count). The molecule has 4 N–H and O–H groups in total. The molecule has 0 aliphatic rings. The molecule has 1 aromatic heterocycles. The predicted octanol–water partition coefficient (Wildman–Crippen LogP) is 1.70. The van der Waals surface area contributed by atoms with Crippen LogP contribution in [0.3, 0.4) is 0 Å². The number of rotatable bonds is 9. The Kier molecular flexibility index (Phi) is 7.00. The van der Waals surface area contributed by atoms with Gasteiger partial charge in [-0.25, -0.2) is 0 Å². The molecule has 0 aromatic carbocycles. The lowest BCUT2D eigenvalue weighted by Gasteiger charge is -2.16. The van der Waals surface area contributed by atoms with Gasteiger partial charge in [0.15, 0.2) is 0 Å². The third-order valence-electron chi connectivity index (χ3n) is 2.63. The van der Waals surface area contributed by atoms with E-state index in [-0.39, 0.29) is 18.7 Å². The van der Waals surface area contributed by atoms with E-state index in [1.807, 2.05) is 20.8 Å². The van der Waals surface area contributed by atoms with E-state index in [0.29, 0.717) is 17.8 Å². The van der Waals surface area contributed by atoms with E-state index in [1.54, 1.807) is 0 Å². The van der Waals surface area contributed by atoms with Gasteiger partial charge in [-0.1, -0.05) is 13.8 Å². The number of anilines is 3.